The van der Waals surface area contributed by atoms with Crippen LogP contribution in [0.2, 0.25) is 0 Å². The highest BCUT2D eigenvalue weighted by atomic mass is 16.2. The van der Waals surface area contributed by atoms with Crippen LogP contribution in [0.5, 0.6) is 0 Å². The molecular formula is C81H90N30O5. The Hall–Kier alpha value is -14.1. The van der Waals surface area contributed by atoms with Gasteiger partial charge in [-0.2, -0.15) is 20.4 Å². The quantitative estimate of drug-likeness (QED) is 0.0291. The standard InChI is InChI=1S/C22H26N8O.C20H22N8O2.C20H21N7O.C19H21N7O/c1-14-26-20(23)19-21(27-14)30(22(31)28-19)12-15-5-7-16(8-6-15)17-11-25-29(13-17)10-9-24-18-3-2-4-18;1-12-24-18(22)17-19(25-12)28(20(30)26-17)9-13-2-4-14(5-3-13)15-8-23-27(10-15)11-16(29)6-7-21;1-12-23-18(21)17-19(24-12)26(20(28)25-17)10-13-5-7-14(8-6-13)15-9-22-27(11-15)16-3-2-4-16;1-3-8-25-11-15(9-21-25)14-6-4-13(5-7-14)10-26-18-16(24-19(26)27)17(20)22-12(2)23-18/h5-8,11,13,18,24H,2-4,9-10,12H2,1H3,(H,28,31)(H2,23,26,27);2-5,8,10H,6-7,9,11,21H2,1H3,(H,26,30)(H2,22,24,25);5-9,11,16H,2-4,10H2,1H3,(H,25,28)(H2,21,23,24);4-7,9,11H,3,8,10H2,1-2H3,(H,24,27)(H2,20,22,23). The van der Waals surface area contributed by atoms with Crippen LogP contribution in [0, 0.1) is 27.7 Å². The summed E-state index contributed by atoms with van der Waals surface area (Å²) in [7, 11) is 0. The molecule has 16 aromatic rings. The molecule has 2 saturated carbocycles. The third-order valence-corrected chi connectivity index (χ3v) is 20.6. The molecule has 0 aliphatic heterocycles. The third-order valence-electron chi connectivity index (χ3n) is 20.6. The number of anilines is 4. The number of aromatic nitrogens is 24. The Balaban J connectivity index is 0.000000122. The summed E-state index contributed by atoms with van der Waals surface area (Å²) in [4.78, 5) is 106. The molecule has 4 aromatic carbocycles. The molecule has 594 valence electrons. The second kappa shape index (κ2) is 33.7. The van der Waals surface area contributed by atoms with Gasteiger partial charge in [-0.15, -0.1) is 0 Å². The van der Waals surface area contributed by atoms with E-state index in [4.69, 9.17) is 28.7 Å². The number of aromatic amines is 4. The van der Waals surface area contributed by atoms with Gasteiger partial charge in [-0.1, -0.05) is 110 Å². The van der Waals surface area contributed by atoms with Gasteiger partial charge in [0.15, 0.2) is 51.6 Å². The summed E-state index contributed by atoms with van der Waals surface area (Å²) in [6.45, 7) is 14.0. The lowest BCUT2D eigenvalue weighted by Gasteiger charge is -2.26. The average molecular weight is 1560 g/mol. The lowest BCUT2D eigenvalue weighted by Crippen LogP contribution is -2.37. The highest BCUT2D eigenvalue weighted by Crippen LogP contribution is 2.33. The van der Waals surface area contributed by atoms with Crippen LogP contribution in [0.3, 0.4) is 0 Å². The van der Waals surface area contributed by atoms with Crippen molar-refractivity contribution in [1.29, 1.82) is 0 Å². The van der Waals surface area contributed by atoms with Crippen molar-refractivity contribution in [2.75, 3.05) is 36.0 Å². The number of nitrogens with zero attached hydrogens (tertiary/aromatic N) is 20. The molecule has 2 fully saturated rings. The molecule has 15 N–H and O–H groups in total. The van der Waals surface area contributed by atoms with Crippen molar-refractivity contribution >= 4 is 73.7 Å². The summed E-state index contributed by atoms with van der Waals surface area (Å²) in [5.74, 6) is 3.28. The van der Waals surface area contributed by atoms with Gasteiger partial charge in [0.1, 0.15) is 45.4 Å². The molecule has 0 bridgehead atoms. The van der Waals surface area contributed by atoms with E-state index in [9.17, 15) is 24.0 Å². The summed E-state index contributed by atoms with van der Waals surface area (Å²) in [6, 6.07) is 33.5. The molecule has 0 atom stereocenters. The van der Waals surface area contributed by atoms with Gasteiger partial charge in [0.05, 0.1) is 70.1 Å². The van der Waals surface area contributed by atoms with Crippen LogP contribution in [0.4, 0.5) is 23.3 Å². The van der Waals surface area contributed by atoms with E-state index in [0.29, 0.717) is 119 Å². The van der Waals surface area contributed by atoms with Gasteiger partial charge in [-0.25, -0.2) is 59.0 Å². The van der Waals surface area contributed by atoms with Crippen molar-refractivity contribution < 1.29 is 4.79 Å². The van der Waals surface area contributed by atoms with Gasteiger partial charge in [0.25, 0.3) is 0 Å². The predicted molar refractivity (Wildman–Crippen MR) is 444 cm³/mol. The van der Waals surface area contributed by atoms with E-state index in [1.165, 1.54) is 43.1 Å². The van der Waals surface area contributed by atoms with Crippen molar-refractivity contribution in [2.45, 2.75) is 144 Å². The van der Waals surface area contributed by atoms with Gasteiger partial charge >= 0.3 is 22.8 Å². The van der Waals surface area contributed by atoms with Crippen molar-refractivity contribution in [3.63, 3.8) is 0 Å². The van der Waals surface area contributed by atoms with Crippen molar-refractivity contribution in [1.82, 2.24) is 123 Å². The van der Waals surface area contributed by atoms with Crippen molar-refractivity contribution in [3.05, 3.63) is 234 Å². The number of hydrogen-bond acceptors (Lipinski definition) is 23. The minimum absolute atomic E-state index is 0.0475. The first-order valence-electron chi connectivity index (χ1n) is 38.5. The molecular weight excluding hydrogens is 1470 g/mol. The number of imidazole rings is 4. The van der Waals surface area contributed by atoms with E-state index in [1.807, 2.05) is 113 Å². The zero-order chi connectivity index (χ0) is 80.8. The Kier molecular flexibility index (Phi) is 22.4. The van der Waals surface area contributed by atoms with Crippen LogP contribution in [0.1, 0.15) is 110 Å². The Morgan fingerprint density at radius 3 is 1.05 bits per heavy atom. The van der Waals surface area contributed by atoms with Crippen LogP contribution >= 0.6 is 0 Å². The van der Waals surface area contributed by atoms with Crippen LogP contribution in [0.15, 0.2) is 166 Å². The van der Waals surface area contributed by atoms with Gasteiger partial charge in [-0.05, 0) is 117 Å². The normalized spacial score (nSPS) is 12.8. The first-order valence-corrected chi connectivity index (χ1v) is 38.5. The second-order valence-corrected chi connectivity index (χ2v) is 29.1. The fourth-order valence-electron chi connectivity index (χ4n) is 14.0. The number of fused-ring (bicyclic) bond motifs is 4. The largest absolute Gasteiger partial charge is 0.382 e. The minimum Gasteiger partial charge on any atom is -0.382 e. The molecule has 0 amide bonds. The zero-order valence-corrected chi connectivity index (χ0v) is 64.9. The zero-order valence-electron chi connectivity index (χ0n) is 64.9. The number of benzene rings is 4. The van der Waals surface area contributed by atoms with E-state index in [2.05, 4.69) is 134 Å². The lowest BCUT2D eigenvalue weighted by atomic mass is 9.93. The second-order valence-electron chi connectivity index (χ2n) is 29.1. The molecule has 2 aliphatic rings. The van der Waals surface area contributed by atoms with Gasteiger partial charge in [-0.3, -0.25) is 41.8 Å². The maximum atomic E-state index is 12.4. The number of nitrogens with two attached hydrogens (primary N) is 5. The maximum Gasteiger partial charge on any atom is 0.328 e. The number of nitrogens with one attached hydrogen (secondary N) is 5. The van der Waals surface area contributed by atoms with Gasteiger partial charge in [0.2, 0.25) is 0 Å². The number of carbonyl (C=O) groups is 1. The highest BCUT2D eigenvalue weighted by Gasteiger charge is 2.23. The number of Topliss-reactive ketones (excluding diaryl/α,β-unsaturated/α-hetero) is 1. The third kappa shape index (κ3) is 17.3. The first kappa shape index (κ1) is 77.2. The predicted octanol–water partition coefficient (Wildman–Crippen LogP) is 7.88. The van der Waals surface area contributed by atoms with E-state index < -0.39 is 0 Å². The van der Waals surface area contributed by atoms with E-state index in [-0.39, 0.29) is 58.4 Å². The number of rotatable bonds is 23. The number of nitrogen functional groups attached to an aromatic ring is 4. The summed E-state index contributed by atoms with van der Waals surface area (Å²) < 4.78 is 13.9. The summed E-state index contributed by atoms with van der Waals surface area (Å²) in [6.07, 6.45) is 24.5. The Morgan fingerprint density at radius 2 is 0.733 bits per heavy atom. The molecule has 35 heteroatoms. The molecule has 116 heavy (non-hydrogen) atoms. The molecule has 0 radical (unpaired) electrons. The molecule has 18 rings (SSSR count). The molecule has 0 spiro atoms. The van der Waals surface area contributed by atoms with Crippen LogP contribution in [-0.4, -0.2) is 142 Å². The average Bonchev–Trinajstić information content (AvgIpc) is 1.64. The highest BCUT2D eigenvalue weighted by molar-refractivity contribution is 5.84. The number of ketones is 1. The molecule has 0 saturated heterocycles. The number of aryl methyl sites for hydroxylation is 5. The molecule has 12 heterocycles. The molecule has 0 unspecified atom stereocenters. The van der Waals surface area contributed by atoms with E-state index in [1.54, 1.807) is 52.3 Å². The van der Waals surface area contributed by atoms with E-state index in [0.717, 1.165) is 92.8 Å². The topological polar surface area (TPSA) is 485 Å². The van der Waals surface area contributed by atoms with Gasteiger partial charge in [0, 0.05) is 72.6 Å². The fraction of sp³-hybridized carbons (Fsp3) is 0.296. The Bertz CT molecular complexity index is 6450. The fourth-order valence-corrected chi connectivity index (χ4v) is 14.0. The summed E-state index contributed by atoms with van der Waals surface area (Å²) >= 11 is 0. The van der Waals surface area contributed by atoms with Crippen LogP contribution < -0.4 is 56.7 Å². The van der Waals surface area contributed by atoms with Crippen molar-refractivity contribution in [2.24, 2.45) is 5.73 Å². The SMILES string of the molecule is CCCn1cc(-c2ccc(Cn3c(=O)[nH]c4c(N)nc(C)nc43)cc2)cn1.Cc1nc(N)c2[nH]c(=O)n(Cc3ccc(-c4cnn(C5CCC5)c4)cc3)c2n1.Cc1nc(N)c2[nH]c(=O)n(Cc3ccc(-c4cnn(CC(=O)CCN)c4)cc3)c2n1.Cc1nc(N)c2[nH]c(=O)n(Cc3ccc(-c4cnn(CCNC5CCC5)c4)cc3)c2n1. The lowest BCUT2D eigenvalue weighted by molar-refractivity contribution is -0.119. The monoisotopic (exact) mass is 1560 g/mol. The molecule has 35 nitrogen and oxygen atoms in total. The molecule has 2 aliphatic carbocycles. The van der Waals surface area contributed by atoms with Crippen LogP contribution in [-0.2, 0) is 50.6 Å². The molecule has 12 aromatic heterocycles. The number of H-pyrrole nitrogens is 4. The summed E-state index contributed by atoms with van der Waals surface area (Å²) in [5.41, 5.74) is 44.3. The summed E-state index contributed by atoms with van der Waals surface area (Å²) in [5, 5.41) is 21.2. The van der Waals surface area contributed by atoms with Crippen LogP contribution in [0.25, 0.3) is 89.2 Å². The number of carbonyl (C=O) groups excluding carboxylic acids is 1. The number of hydrogen-bond donors (Lipinski definition) is 10. The van der Waals surface area contributed by atoms with Gasteiger partial charge < -0.3 is 53.9 Å². The van der Waals surface area contributed by atoms with Crippen molar-refractivity contribution in [3.8, 4) is 44.5 Å². The Labute approximate surface area is 662 Å². The minimum atomic E-state index is -0.288. The Morgan fingerprint density at radius 1 is 0.414 bits per heavy atom. The maximum absolute atomic E-state index is 12.4. The first-order chi connectivity index (χ1) is 56.1. The van der Waals surface area contributed by atoms with E-state index >= 15 is 0 Å². The smallest absolute Gasteiger partial charge is 0.328 e.